The number of ether oxygens (including phenoxy) is 1. The van der Waals surface area contributed by atoms with E-state index >= 15 is 0 Å². The number of hydrogen-bond acceptors (Lipinski definition) is 4. The van der Waals surface area contributed by atoms with Crippen LogP contribution in [0.3, 0.4) is 0 Å². The molecule has 0 radical (unpaired) electrons. The first-order valence-corrected chi connectivity index (χ1v) is 5.86. The zero-order valence-electron chi connectivity index (χ0n) is 9.98. The number of rotatable bonds is 2. The smallest absolute Gasteiger partial charge is 0.446 e. The van der Waals surface area contributed by atoms with Crippen LogP contribution in [0.25, 0.3) is 0 Å². The normalized spacial score (nSPS) is 20.7. The first-order valence-electron chi connectivity index (χ1n) is 5.86. The fourth-order valence-corrected chi connectivity index (χ4v) is 2.14. The maximum Gasteiger partial charge on any atom is 0.495 e. The Kier molecular flexibility index (Phi) is 2.75. The van der Waals surface area contributed by atoms with Crippen molar-refractivity contribution < 1.29 is 14.4 Å². The summed E-state index contributed by atoms with van der Waals surface area (Å²) in [4.78, 5) is 0. The monoisotopic (exact) mass is 251 g/mol. The third-order valence-corrected chi connectivity index (χ3v) is 3.01. The second kappa shape index (κ2) is 4.43. The highest BCUT2D eigenvalue weighted by Gasteiger charge is 2.50. The summed E-state index contributed by atoms with van der Waals surface area (Å²) in [5, 5.41) is 19.3. The topological polar surface area (TPSA) is 62.5 Å². The van der Waals surface area contributed by atoms with Crippen molar-refractivity contribution in [1.29, 1.82) is 5.26 Å². The summed E-state index contributed by atoms with van der Waals surface area (Å²) < 4.78 is 11.0. The van der Waals surface area contributed by atoms with Crippen LogP contribution in [0.2, 0.25) is 0 Å². The van der Waals surface area contributed by atoms with Crippen molar-refractivity contribution >= 4 is 12.6 Å². The molecule has 4 nitrogen and oxygen atoms in total. The Hall–Kier alpha value is -2.29. The summed E-state index contributed by atoms with van der Waals surface area (Å²) in [6, 6.07) is 17.9. The lowest BCUT2D eigenvalue weighted by Crippen LogP contribution is -2.33. The molecule has 19 heavy (non-hydrogen) atoms. The van der Waals surface area contributed by atoms with Gasteiger partial charge < -0.3 is 14.4 Å². The second-order valence-corrected chi connectivity index (χ2v) is 4.20. The summed E-state index contributed by atoms with van der Waals surface area (Å²) in [6.45, 7) is 0. The molecule has 92 valence electrons. The molecule has 1 heterocycles. The van der Waals surface area contributed by atoms with Gasteiger partial charge in [-0.3, -0.25) is 0 Å². The van der Waals surface area contributed by atoms with Crippen LogP contribution >= 0.6 is 0 Å². The maximum absolute atomic E-state index is 9.87. The third-order valence-electron chi connectivity index (χ3n) is 3.01. The molecule has 1 N–H and O–H groups in total. The number of benzene rings is 2. The average Bonchev–Trinajstić information content (AvgIpc) is 2.74. The van der Waals surface area contributed by atoms with Gasteiger partial charge in [-0.15, -0.1) is 0 Å². The van der Waals surface area contributed by atoms with Crippen LogP contribution in [0, 0.1) is 11.3 Å². The van der Waals surface area contributed by atoms with Crippen molar-refractivity contribution in [2.75, 3.05) is 0 Å². The first kappa shape index (κ1) is 11.8. The van der Waals surface area contributed by atoms with Gasteiger partial charge in [-0.05, 0) is 17.6 Å². The van der Waals surface area contributed by atoms with E-state index in [4.69, 9.17) is 9.39 Å². The highest BCUT2D eigenvalue weighted by molar-refractivity contribution is 6.62. The van der Waals surface area contributed by atoms with Crippen molar-refractivity contribution in [1.82, 2.24) is 0 Å². The van der Waals surface area contributed by atoms with Gasteiger partial charge in [0.2, 0.25) is 0 Å². The molecule has 1 atom stereocenters. The first-order chi connectivity index (χ1) is 9.25. The summed E-state index contributed by atoms with van der Waals surface area (Å²) in [5.41, 5.74) is 1.09. The van der Waals surface area contributed by atoms with Gasteiger partial charge in [0.1, 0.15) is 11.8 Å². The van der Waals surface area contributed by atoms with Crippen LogP contribution in [0.15, 0.2) is 54.6 Å². The SMILES string of the molecule is N#CC1(Oc2ccccc2)OB(O)c2ccccc21. The van der Waals surface area contributed by atoms with E-state index in [-0.39, 0.29) is 0 Å². The lowest BCUT2D eigenvalue weighted by Gasteiger charge is -2.23. The number of nitriles is 1. The molecule has 0 saturated heterocycles. The summed E-state index contributed by atoms with van der Waals surface area (Å²) in [5.74, 6) is -1.09. The second-order valence-electron chi connectivity index (χ2n) is 4.20. The van der Waals surface area contributed by atoms with E-state index < -0.39 is 12.9 Å². The van der Waals surface area contributed by atoms with Crippen molar-refractivity contribution in [2.45, 2.75) is 5.79 Å². The molecule has 1 aliphatic heterocycles. The van der Waals surface area contributed by atoms with E-state index in [0.717, 1.165) is 0 Å². The molecule has 0 spiro atoms. The van der Waals surface area contributed by atoms with E-state index in [1.807, 2.05) is 12.1 Å². The Morgan fingerprint density at radius 3 is 2.53 bits per heavy atom. The number of fused-ring (bicyclic) bond motifs is 1. The van der Waals surface area contributed by atoms with Crippen molar-refractivity contribution in [2.24, 2.45) is 0 Å². The van der Waals surface area contributed by atoms with E-state index in [1.165, 1.54) is 0 Å². The Morgan fingerprint density at radius 2 is 1.79 bits per heavy atom. The minimum Gasteiger partial charge on any atom is -0.446 e. The van der Waals surface area contributed by atoms with Crippen molar-refractivity contribution in [3.8, 4) is 11.8 Å². The van der Waals surface area contributed by atoms with Gasteiger partial charge in [-0.1, -0.05) is 42.5 Å². The number of nitrogens with zero attached hydrogens (tertiary/aromatic N) is 1. The Labute approximate surface area is 111 Å². The molecule has 1 unspecified atom stereocenters. The van der Waals surface area contributed by atoms with Gasteiger partial charge in [-0.2, -0.15) is 5.26 Å². The summed E-state index contributed by atoms with van der Waals surface area (Å²) >= 11 is 0. The lowest BCUT2D eigenvalue weighted by molar-refractivity contribution is -0.0717. The van der Waals surface area contributed by atoms with E-state index in [9.17, 15) is 10.3 Å². The zero-order valence-corrected chi connectivity index (χ0v) is 9.98. The summed E-state index contributed by atoms with van der Waals surface area (Å²) in [7, 11) is -1.15. The van der Waals surface area contributed by atoms with Gasteiger partial charge in [0.05, 0.1) is 0 Å². The molecule has 0 aliphatic carbocycles. The Bertz CT molecular complexity index is 641. The minimum atomic E-state index is -1.60. The molecule has 0 fully saturated rings. The maximum atomic E-state index is 9.87. The van der Waals surface area contributed by atoms with Gasteiger partial charge >= 0.3 is 12.9 Å². The van der Waals surface area contributed by atoms with Crippen LogP contribution in [-0.2, 0) is 10.4 Å². The van der Waals surface area contributed by atoms with Gasteiger partial charge in [0.25, 0.3) is 0 Å². The van der Waals surface area contributed by atoms with Gasteiger partial charge in [0, 0.05) is 5.56 Å². The quantitative estimate of drug-likeness (QED) is 0.813. The number of para-hydroxylation sites is 1. The minimum absolute atomic E-state index is 0.507. The molecule has 2 aromatic carbocycles. The van der Waals surface area contributed by atoms with Gasteiger partial charge in [-0.25, -0.2) is 0 Å². The predicted octanol–water partition coefficient (Wildman–Crippen LogP) is 1.16. The van der Waals surface area contributed by atoms with E-state index in [2.05, 4.69) is 0 Å². The zero-order chi connectivity index (χ0) is 13.3. The van der Waals surface area contributed by atoms with Crippen molar-refractivity contribution in [3.63, 3.8) is 0 Å². The van der Waals surface area contributed by atoms with Crippen LogP contribution in [-0.4, -0.2) is 12.1 Å². The van der Waals surface area contributed by atoms with E-state index in [1.54, 1.807) is 48.5 Å². The average molecular weight is 251 g/mol. The Balaban J connectivity index is 2.05. The molecule has 3 rings (SSSR count). The van der Waals surface area contributed by atoms with Crippen LogP contribution < -0.4 is 10.2 Å². The lowest BCUT2D eigenvalue weighted by atomic mass is 9.79. The molecule has 0 bridgehead atoms. The Morgan fingerprint density at radius 1 is 1.11 bits per heavy atom. The van der Waals surface area contributed by atoms with Crippen LogP contribution in [0.4, 0.5) is 0 Å². The summed E-state index contributed by atoms with van der Waals surface area (Å²) in [6.07, 6.45) is 0. The van der Waals surface area contributed by atoms with E-state index in [0.29, 0.717) is 16.8 Å². The van der Waals surface area contributed by atoms with Crippen LogP contribution in [0.5, 0.6) is 5.75 Å². The fourth-order valence-electron chi connectivity index (χ4n) is 2.14. The number of hydrogen-bond donors (Lipinski definition) is 1. The highest BCUT2D eigenvalue weighted by atomic mass is 16.7. The molecular formula is C14H10BNO3. The molecule has 0 amide bonds. The van der Waals surface area contributed by atoms with Crippen molar-refractivity contribution in [3.05, 3.63) is 60.2 Å². The molecule has 5 heteroatoms. The molecule has 0 aromatic heterocycles. The fraction of sp³-hybridized carbons (Fsp3) is 0.0714. The highest BCUT2D eigenvalue weighted by Crippen LogP contribution is 2.32. The molecule has 0 saturated carbocycles. The largest absolute Gasteiger partial charge is 0.495 e. The molecule has 2 aromatic rings. The van der Waals surface area contributed by atoms with Gasteiger partial charge in [0.15, 0.2) is 0 Å². The molecule has 1 aliphatic rings. The van der Waals surface area contributed by atoms with Crippen LogP contribution in [0.1, 0.15) is 5.56 Å². The standard InChI is InChI=1S/C14H10BNO3/c16-10-14(18-11-6-2-1-3-7-11)12-8-4-5-9-13(12)15(17)19-14/h1-9,17H. The third kappa shape index (κ3) is 1.87. The molecular weight excluding hydrogens is 241 g/mol. The predicted molar refractivity (Wildman–Crippen MR) is 69.5 cm³/mol.